The fraction of sp³-hybridized carbons (Fsp3) is 0. The second-order valence-electron chi connectivity index (χ2n) is 5.17. The van der Waals surface area contributed by atoms with Gasteiger partial charge in [-0.1, -0.05) is 41.9 Å². The van der Waals surface area contributed by atoms with Gasteiger partial charge in [-0.2, -0.15) is 0 Å². The highest BCUT2D eigenvalue weighted by atomic mass is 35.5. The molecule has 0 aliphatic carbocycles. The number of halogens is 1. The molecule has 2 heterocycles. The lowest BCUT2D eigenvalue weighted by Crippen LogP contribution is -2.19. The highest BCUT2D eigenvalue weighted by Gasteiger charge is 2.10. The maximum Gasteiger partial charge on any atom is 0.298 e. The Bertz CT molecular complexity index is 1030. The summed E-state index contributed by atoms with van der Waals surface area (Å²) in [5.74, 6) is 0. The van der Waals surface area contributed by atoms with Crippen LogP contribution in [0.25, 0.3) is 22.6 Å². The van der Waals surface area contributed by atoms with E-state index in [0.29, 0.717) is 10.7 Å². The summed E-state index contributed by atoms with van der Waals surface area (Å²) >= 11 is 5.90. The summed E-state index contributed by atoms with van der Waals surface area (Å²) in [6.45, 7) is 0. The van der Waals surface area contributed by atoms with Gasteiger partial charge in [0.25, 0.3) is 5.56 Å². The summed E-state index contributed by atoms with van der Waals surface area (Å²) in [6, 6.07) is 16.9. The van der Waals surface area contributed by atoms with Crippen molar-refractivity contribution in [1.82, 2.24) is 14.0 Å². The molecule has 0 aliphatic heterocycles. The molecule has 0 N–H and O–H groups in total. The highest BCUT2D eigenvalue weighted by molar-refractivity contribution is 6.30. The van der Waals surface area contributed by atoms with Gasteiger partial charge in [-0.15, -0.1) is 0 Å². The molecule has 0 saturated carbocycles. The average molecular weight is 322 g/mol. The van der Waals surface area contributed by atoms with Gasteiger partial charge in [0.15, 0.2) is 0 Å². The normalized spacial score (nSPS) is 11.0. The van der Waals surface area contributed by atoms with Crippen molar-refractivity contribution < 1.29 is 0 Å². The van der Waals surface area contributed by atoms with Gasteiger partial charge in [-0.3, -0.25) is 9.36 Å². The van der Waals surface area contributed by atoms with Gasteiger partial charge in [0, 0.05) is 34.9 Å². The van der Waals surface area contributed by atoms with Crippen LogP contribution in [-0.2, 0) is 0 Å². The molecular weight excluding hydrogens is 310 g/mol. The summed E-state index contributed by atoms with van der Waals surface area (Å²) in [5, 5.41) is 0.634. The van der Waals surface area contributed by atoms with Crippen LogP contribution in [-0.4, -0.2) is 14.0 Å². The monoisotopic (exact) mass is 321 g/mol. The van der Waals surface area contributed by atoms with Gasteiger partial charge in [-0.25, -0.2) is 4.98 Å². The Morgan fingerprint density at radius 2 is 1.65 bits per heavy atom. The molecule has 0 unspecified atom stereocenters. The van der Waals surface area contributed by atoms with E-state index in [1.54, 1.807) is 39.4 Å². The van der Waals surface area contributed by atoms with Crippen LogP contribution in [0.1, 0.15) is 0 Å². The maximum absolute atomic E-state index is 12.7. The maximum atomic E-state index is 12.7. The predicted molar refractivity (Wildman–Crippen MR) is 91.2 cm³/mol. The minimum absolute atomic E-state index is 0.169. The van der Waals surface area contributed by atoms with Crippen LogP contribution in [0.3, 0.4) is 0 Å². The smallest absolute Gasteiger partial charge is 0.298 e. The second kappa shape index (κ2) is 5.41. The van der Waals surface area contributed by atoms with Crippen molar-refractivity contribution in [3.8, 4) is 16.9 Å². The van der Waals surface area contributed by atoms with E-state index in [1.807, 2.05) is 42.7 Å². The summed E-state index contributed by atoms with van der Waals surface area (Å²) in [4.78, 5) is 17.2. The van der Waals surface area contributed by atoms with E-state index in [2.05, 4.69) is 4.98 Å². The molecule has 0 aliphatic rings. The second-order valence-corrected chi connectivity index (χ2v) is 5.61. The Hall–Kier alpha value is -2.85. The summed E-state index contributed by atoms with van der Waals surface area (Å²) < 4.78 is 3.31. The van der Waals surface area contributed by atoms with Crippen molar-refractivity contribution >= 4 is 17.2 Å². The molecule has 0 spiro atoms. The Morgan fingerprint density at radius 1 is 0.913 bits per heavy atom. The van der Waals surface area contributed by atoms with Gasteiger partial charge in [-0.05, 0) is 24.3 Å². The van der Waals surface area contributed by atoms with E-state index < -0.39 is 0 Å². The fourth-order valence-corrected chi connectivity index (χ4v) is 2.66. The number of imidazole rings is 1. The van der Waals surface area contributed by atoms with Crippen molar-refractivity contribution in [1.29, 1.82) is 0 Å². The van der Waals surface area contributed by atoms with Crippen LogP contribution in [0.15, 0.2) is 78.0 Å². The first-order valence-electron chi connectivity index (χ1n) is 7.14. The lowest BCUT2D eigenvalue weighted by atomic mass is 10.2. The van der Waals surface area contributed by atoms with Gasteiger partial charge in [0.05, 0.1) is 5.69 Å². The number of nitrogens with zero attached hydrogens (tertiary/aromatic N) is 3. The van der Waals surface area contributed by atoms with E-state index in [-0.39, 0.29) is 5.56 Å². The molecule has 5 heteroatoms. The van der Waals surface area contributed by atoms with Crippen LogP contribution in [0, 0.1) is 0 Å². The molecule has 112 valence electrons. The third-order valence-corrected chi connectivity index (χ3v) is 3.95. The van der Waals surface area contributed by atoms with E-state index in [4.69, 9.17) is 11.6 Å². The molecule has 4 nitrogen and oxygen atoms in total. The summed E-state index contributed by atoms with van der Waals surface area (Å²) in [6.07, 6.45) is 5.41. The number of hydrogen-bond donors (Lipinski definition) is 0. The van der Waals surface area contributed by atoms with Crippen LogP contribution in [0.4, 0.5) is 0 Å². The van der Waals surface area contributed by atoms with Crippen molar-refractivity contribution in [3.05, 3.63) is 88.6 Å². The van der Waals surface area contributed by atoms with Crippen molar-refractivity contribution in [2.24, 2.45) is 0 Å². The van der Waals surface area contributed by atoms with Crippen LogP contribution in [0.5, 0.6) is 0 Å². The molecular formula is C18H12ClN3O. The predicted octanol–water partition coefficient (Wildman–Crippen LogP) is 3.81. The van der Waals surface area contributed by atoms with Crippen LogP contribution >= 0.6 is 11.6 Å². The highest BCUT2D eigenvalue weighted by Crippen LogP contribution is 2.18. The number of fused-ring (bicyclic) bond motifs is 1. The largest absolute Gasteiger partial charge is 0.300 e. The molecule has 2 aromatic carbocycles. The van der Waals surface area contributed by atoms with E-state index >= 15 is 0 Å². The number of benzene rings is 2. The van der Waals surface area contributed by atoms with Gasteiger partial charge in [0.2, 0.25) is 5.65 Å². The molecule has 0 bridgehead atoms. The third-order valence-electron chi connectivity index (χ3n) is 3.69. The number of hydrogen-bond acceptors (Lipinski definition) is 2. The topological polar surface area (TPSA) is 39.3 Å². The first kappa shape index (κ1) is 13.8. The van der Waals surface area contributed by atoms with Gasteiger partial charge in [0.1, 0.15) is 0 Å². The zero-order valence-corrected chi connectivity index (χ0v) is 12.8. The average Bonchev–Trinajstić information content (AvgIpc) is 3.02. The van der Waals surface area contributed by atoms with Crippen LogP contribution < -0.4 is 5.56 Å². The molecule has 0 amide bonds. The molecule has 23 heavy (non-hydrogen) atoms. The van der Waals surface area contributed by atoms with Crippen molar-refractivity contribution in [2.45, 2.75) is 0 Å². The Morgan fingerprint density at radius 3 is 2.39 bits per heavy atom. The van der Waals surface area contributed by atoms with Crippen LogP contribution in [0.2, 0.25) is 5.02 Å². The lowest BCUT2D eigenvalue weighted by molar-refractivity contribution is 0.950. The molecule has 0 radical (unpaired) electrons. The molecule has 0 saturated heterocycles. The first-order chi connectivity index (χ1) is 11.2. The standard InChI is InChI=1S/C18H12ClN3O/c19-14-6-8-15(9-7-14)22-11-10-21-12-16(20-17(21)18(22)23)13-4-2-1-3-5-13/h1-12H. The van der Waals surface area contributed by atoms with E-state index in [0.717, 1.165) is 16.9 Å². The Labute approximate surface area is 137 Å². The van der Waals surface area contributed by atoms with E-state index in [9.17, 15) is 4.79 Å². The van der Waals surface area contributed by atoms with Crippen molar-refractivity contribution in [3.63, 3.8) is 0 Å². The quantitative estimate of drug-likeness (QED) is 0.563. The first-order valence-corrected chi connectivity index (χ1v) is 7.52. The van der Waals surface area contributed by atoms with Crippen molar-refractivity contribution in [2.75, 3.05) is 0 Å². The molecule has 2 aromatic heterocycles. The zero-order chi connectivity index (χ0) is 15.8. The van der Waals surface area contributed by atoms with Gasteiger partial charge < -0.3 is 4.40 Å². The Balaban J connectivity index is 1.89. The summed E-state index contributed by atoms with van der Waals surface area (Å²) in [7, 11) is 0. The Kier molecular flexibility index (Phi) is 3.24. The summed E-state index contributed by atoms with van der Waals surface area (Å²) in [5.41, 5.74) is 2.73. The number of rotatable bonds is 2. The number of aromatic nitrogens is 3. The molecule has 4 aromatic rings. The van der Waals surface area contributed by atoms with E-state index in [1.165, 1.54) is 0 Å². The minimum Gasteiger partial charge on any atom is -0.300 e. The molecule has 4 rings (SSSR count). The fourth-order valence-electron chi connectivity index (χ4n) is 2.53. The molecule has 0 atom stereocenters. The third kappa shape index (κ3) is 2.43. The molecule has 0 fully saturated rings. The minimum atomic E-state index is -0.169. The SMILES string of the molecule is O=c1c2nc(-c3ccccc3)cn2ccn1-c1ccc(Cl)cc1. The van der Waals surface area contributed by atoms with Gasteiger partial charge >= 0.3 is 0 Å². The lowest BCUT2D eigenvalue weighted by Gasteiger charge is -2.05. The zero-order valence-electron chi connectivity index (χ0n) is 12.1.